The summed E-state index contributed by atoms with van der Waals surface area (Å²) in [4.78, 5) is 23.6. The van der Waals surface area contributed by atoms with E-state index in [1.165, 1.54) is 0 Å². The molecule has 0 aliphatic heterocycles. The lowest BCUT2D eigenvalue weighted by Crippen LogP contribution is -2.15. The normalized spacial score (nSPS) is 11.3. The molecule has 0 spiro atoms. The van der Waals surface area contributed by atoms with Crippen molar-refractivity contribution in [1.29, 1.82) is 0 Å². The number of para-hydroxylation sites is 1. The number of hydrogen-bond acceptors (Lipinski definition) is 4. The molecule has 3 rings (SSSR count). The van der Waals surface area contributed by atoms with Crippen LogP contribution in [0.2, 0.25) is 0 Å². The van der Waals surface area contributed by atoms with Gasteiger partial charge < -0.3 is 10.7 Å². The maximum Gasteiger partial charge on any atom is 0.260 e. The third-order valence-electron chi connectivity index (χ3n) is 3.15. The standard InChI is InChI=1S/C14H14N4O/c1-8-3-2-4-9-7-10-13(18-12(8)9)16-11(5-6-15)17-14(10)19/h2-4,7H,5-6,15H2,1H3,(H,16,17,18,19). The predicted octanol–water partition coefficient (Wildman–Crippen LogP) is 1.28. The molecule has 1 aromatic carbocycles. The number of nitrogens with zero attached hydrogens (tertiary/aromatic N) is 2. The van der Waals surface area contributed by atoms with Gasteiger partial charge in [0.25, 0.3) is 5.56 Å². The summed E-state index contributed by atoms with van der Waals surface area (Å²) in [6.07, 6.45) is 0.540. The Bertz CT molecular complexity index is 823. The van der Waals surface area contributed by atoms with Crippen LogP contribution in [0, 0.1) is 6.92 Å². The highest BCUT2D eigenvalue weighted by Crippen LogP contribution is 2.19. The zero-order valence-electron chi connectivity index (χ0n) is 10.6. The minimum atomic E-state index is -0.163. The highest BCUT2D eigenvalue weighted by Gasteiger charge is 2.07. The summed E-state index contributed by atoms with van der Waals surface area (Å²) < 4.78 is 0. The molecular weight excluding hydrogens is 240 g/mol. The Morgan fingerprint density at radius 1 is 1.32 bits per heavy atom. The quantitative estimate of drug-likeness (QED) is 0.675. The first-order valence-corrected chi connectivity index (χ1v) is 6.18. The smallest absolute Gasteiger partial charge is 0.260 e. The predicted molar refractivity (Wildman–Crippen MR) is 75.2 cm³/mol. The molecule has 0 fully saturated rings. The number of H-pyrrole nitrogens is 1. The van der Waals surface area contributed by atoms with E-state index < -0.39 is 0 Å². The third kappa shape index (κ3) is 1.98. The van der Waals surface area contributed by atoms with Crippen molar-refractivity contribution in [2.75, 3.05) is 6.54 Å². The van der Waals surface area contributed by atoms with E-state index in [9.17, 15) is 4.79 Å². The third-order valence-corrected chi connectivity index (χ3v) is 3.15. The number of aryl methyl sites for hydroxylation is 1. The van der Waals surface area contributed by atoms with E-state index in [4.69, 9.17) is 5.73 Å². The maximum atomic E-state index is 12.0. The van der Waals surface area contributed by atoms with Crippen molar-refractivity contribution in [2.45, 2.75) is 13.3 Å². The van der Waals surface area contributed by atoms with E-state index in [1.807, 2.05) is 31.2 Å². The SMILES string of the molecule is Cc1cccc2cc3c(=O)[nH]c(CCN)nc3nc12. The monoisotopic (exact) mass is 254 g/mol. The van der Waals surface area contributed by atoms with Crippen molar-refractivity contribution in [3.8, 4) is 0 Å². The highest BCUT2D eigenvalue weighted by atomic mass is 16.1. The summed E-state index contributed by atoms with van der Waals surface area (Å²) in [6.45, 7) is 2.44. The van der Waals surface area contributed by atoms with Crippen LogP contribution in [0.15, 0.2) is 29.1 Å². The molecule has 0 unspecified atom stereocenters. The summed E-state index contributed by atoms with van der Waals surface area (Å²) in [7, 11) is 0. The average molecular weight is 254 g/mol. The van der Waals surface area contributed by atoms with Gasteiger partial charge in [0.05, 0.1) is 10.9 Å². The van der Waals surface area contributed by atoms with Crippen molar-refractivity contribution < 1.29 is 0 Å². The Labute approximate surface area is 109 Å². The molecule has 0 amide bonds. The molecule has 0 radical (unpaired) electrons. The van der Waals surface area contributed by atoms with Crippen LogP contribution in [0.25, 0.3) is 21.9 Å². The maximum absolute atomic E-state index is 12.0. The molecule has 19 heavy (non-hydrogen) atoms. The van der Waals surface area contributed by atoms with Gasteiger partial charge in [0, 0.05) is 11.8 Å². The molecule has 2 heterocycles. The summed E-state index contributed by atoms with van der Waals surface area (Å²) in [6, 6.07) is 7.73. The number of nitrogens with one attached hydrogen (secondary N) is 1. The van der Waals surface area contributed by atoms with Crippen LogP contribution in [-0.2, 0) is 6.42 Å². The Morgan fingerprint density at radius 3 is 2.95 bits per heavy atom. The summed E-state index contributed by atoms with van der Waals surface area (Å²) >= 11 is 0. The molecule has 3 N–H and O–H groups in total. The van der Waals surface area contributed by atoms with Gasteiger partial charge in [-0.1, -0.05) is 18.2 Å². The fourth-order valence-corrected chi connectivity index (χ4v) is 2.20. The fraction of sp³-hybridized carbons (Fsp3) is 0.214. The summed E-state index contributed by atoms with van der Waals surface area (Å²) in [5.74, 6) is 0.584. The van der Waals surface area contributed by atoms with Crippen LogP contribution in [-0.4, -0.2) is 21.5 Å². The van der Waals surface area contributed by atoms with Gasteiger partial charge in [-0.3, -0.25) is 4.79 Å². The van der Waals surface area contributed by atoms with Crippen LogP contribution in [0.1, 0.15) is 11.4 Å². The minimum Gasteiger partial charge on any atom is -0.330 e. The van der Waals surface area contributed by atoms with Crippen molar-refractivity contribution in [3.63, 3.8) is 0 Å². The molecule has 3 aromatic rings. The zero-order valence-corrected chi connectivity index (χ0v) is 10.6. The molecule has 0 saturated carbocycles. The lowest BCUT2D eigenvalue weighted by molar-refractivity contribution is 0.867. The number of nitrogens with two attached hydrogens (primary N) is 1. The van der Waals surface area contributed by atoms with E-state index >= 15 is 0 Å². The second-order valence-electron chi connectivity index (χ2n) is 4.56. The summed E-state index contributed by atoms with van der Waals surface area (Å²) in [5, 5.41) is 1.46. The molecule has 0 atom stereocenters. The molecule has 0 aliphatic carbocycles. The van der Waals surface area contributed by atoms with Crippen LogP contribution < -0.4 is 11.3 Å². The van der Waals surface area contributed by atoms with Crippen molar-refractivity contribution in [1.82, 2.24) is 15.0 Å². The van der Waals surface area contributed by atoms with Crippen molar-refractivity contribution in [3.05, 3.63) is 46.0 Å². The molecular formula is C14H14N4O. The number of aromatic nitrogens is 3. The van der Waals surface area contributed by atoms with Crippen LogP contribution >= 0.6 is 0 Å². The first kappa shape index (κ1) is 11.8. The van der Waals surface area contributed by atoms with E-state index in [0.29, 0.717) is 29.8 Å². The van der Waals surface area contributed by atoms with Gasteiger partial charge in [-0.15, -0.1) is 0 Å². The first-order valence-electron chi connectivity index (χ1n) is 6.18. The molecule has 0 bridgehead atoms. The molecule has 2 aromatic heterocycles. The average Bonchev–Trinajstić information content (AvgIpc) is 2.38. The Hall–Kier alpha value is -2.27. The lowest BCUT2D eigenvalue weighted by atomic mass is 10.1. The van der Waals surface area contributed by atoms with Crippen LogP contribution in [0.4, 0.5) is 0 Å². The molecule has 0 saturated heterocycles. The van der Waals surface area contributed by atoms with Gasteiger partial charge in [0.1, 0.15) is 5.82 Å². The van der Waals surface area contributed by atoms with Gasteiger partial charge in [0.15, 0.2) is 5.65 Å². The highest BCUT2D eigenvalue weighted by molar-refractivity contribution is 5.92. The molecule has 5 heteroatoms. The van der Waals surface area contributed by atoms with Gasteiger partial charge in [-0.25, -0.2) is 9.97 Å². The fourth-order valence-electron chi connectivity index (χ4n) is 2.20. The second-order valence-corrected chi connectivity index (χ2v) is 4.56. The van der Waals surface area contributed by atoms with Gasteiger partial charge >= 0.3 is 0 Å². The number of fused-ring (bicyclic) bond motifs is 2. The van der Waals surface area contributed by atoms with Gasteiger partial charge in [-0.2, -0.15) is 0 Å². The van der Waals surface area contributed by atoms with Gasteiger partial charge in [-0.05, 0) is 25.1 Å². The molecule has 5 nitrogen and oxygen atoms in total. The Kier molecular flexibility index (Phi) is 2.76. The van der Waals surface area contributed by atoms with E-state index in [-0.39, 0.29) is 5.56 Å². The van der Waals surface area contributed by atoms with E-state index in [1.54, 1.807) is 0 Å². The number of rotatable bonds is 2. The minimum absolute atomic E-state index is 0.163. The van der Waals surface area contributed by atoms with E-state index in [2.05, 4.69) is 15.0 Å². The number of hydrogen-bond donors (Lipinski definition) is 2. The first-order chi connectivity index (χ1) is 9.19. The van der Waals surface area contributed by atoms with Gasteiger partial charge in [0.2, 0.25) is 0 Å². The molecule has 0 aliphatic rings. The van der Waals surface area contributed by atoms with Crippen LogP contribution in [0.5, 0.6) is 0 Å². The van der Waals surface area contributed by atoms with Crippen LogP contribution in [0.3, 0.4) is 0 Å². The van der Waals surface area contributed by atoms with E-state index in [0.717, 1.165) is 16.5 Å². The molecule has 96 valence electrons. The topological polar surface area (TPSA) is 84.7 Å². The Morgan fingerprint density at radius 2 is 2.16 bits per heavy atom. The number of aromatic amines is 1. The number of benzene rings is 1. The van der Waals surface area contributed by atoms with Crippen molar-refractivity contribution in [2.24, 2.45) is 5.73 Å². The summed E-state index contributed by atoms with van der Waals surface area (Å²) in [5.41, 5.74) is 7.76. The number of pyridine rings is 1. The largest absolute Gasteiger partial charge is 0.330 e. The lowest BCUT2D eigenvalue weighted by Gasteiger charge is -2.04. The second kappa shape index (κ2) is 4.44. The van der Waals surface area contributed by atoms with Crippen molar-refractivity contribution >= 4 is 21.9 Å². The Balaban J connectivity index is 2.38. The zero-order chi connectivity index (χ0) is 13.4.